The van der Waals surface area contributed by atoms with E-state index in [1.807, 2.05) is 0 Å². The largest absolute Gasteiger partial charge is 0.374 e. The van der Waals surface area contributed by atoms with Crippen molar-refractivity contribution in [3.05, 3.63) is 29.0 Å². The molecule has 0 saturated carbocycles. The van der Waals surface area contributed by atoms with Crippen LogP contribution < -0.4 is 10.5 Å². The van der Waals surface area contributed by atoms with Crippen LogP contribution in [0.4, 0.5) is 15.2 Å². The Labute approximate surface area is 111 Å². The van der Waals surface area contributed by atoms with Crippen LogP contribution in [0.25, 0.3) is 0 Å². The smallest absolute Gasteiger partial charge is 0.291 e. The van der Waals surface area contributed by atoms with Gasteiger partial charge in [-0.3, -0.25) is 4.72 Å². The Bertz CT molecular complexity index is 688. The van der Waals surface area contributed by atoms with Crippen molar-refractivity contribution in [2.75, 3.05) is 10.5 Å². The van der Waals surface area contributed by atoms with E-state index < -0.39 is 15.8 Å². The molecule has 0 amide bonds. The molecule has 6 nitrogen and oxygen atoms in total. The molecule has 0 saturated heterocycles. The molecule has 0 bridgehead atoms. The highest BCUT2D eigenvalue weighted by Gasteiger charge is 2.20. The van der Waals surface area contributed by atoms with Gasteiger partial charge in [0.25, 0.3) is 14.4 Å². The van der Waals surface area contributed by atoms with Crippen molar-refractivity contribution in [3.8, 4) is 0 Å². The van der Waals surface area contributed by atoms with Gasteiger partial charge in [-0.25, -0.2) is 4.39 Å². The average molecular weight is 309 g/mol. The van der Waals surface area contributed by atoms with E-state index in [1.165, 1.54) is 12.1 Å². The van der Waals surface area contributed by atoms with E-state index in [9.17, 15) is 12.8 Å². The lowest BCUT2D eigenvalue weighted by Gasteiger charge is -2.05. The zero-order chi connectivity index (χ0) is 13.3. The van der Waals surface area contributed by atoms with Crippen LogP contribution in [0.5, 0.6) is 0 Å². The summed E-state index contributed by atoms with van der Waals surface area (Å²) in [5.41, 5.74) is 5.32. The Hall–Kier alpha value is -1.45. The van der Waals surface area contributed by atoms with Crippen LogP contribution in [0.2, 0.25) is 5.02 Å². The van der Waals surface area contributed by atoms with Crippen LogP contribution in [-0.2, 0) is 10.0 Å². The summed E-state index contributed by atoms with van der Waals surface area (Å²) < 4.78 is 38.6. The quantitative estimate of drug-likeness (QED) is 0.899. The molecule has 2 rings (SSSR count). The standard InChI is InChI=1S/C8H6ClFN4O2S2/c9-5-2-1-4(3-6(5)10)14-18(15,16)8-13-12-7(11)17-8/h1-3,14H,(H2,11,12). The summed E-state index contributed by atoms with van der Waals surface area (Å²) in [7, 11) is -3.92. The predicted octanol–water partition coefficient (Wildman–Crippen LogP) is 1.71. The fourth-order valence-electron chi connectivity index (χ4n) is 1.09. The van der Waals surface area contributed by atoms with Crippen molar-refractivity contribution >= 4 is 43.8 Å². The Morgan fingerprint density at radius 2 is 2.11 bits per heavy atom. The lowest BCUT2D eigenvalue weighted by Crippen LogP contribution is -2.12. The van der Waals surface area contributed by atoms with Crippen molar-refractivity contribution in [2.24, 2.45) is 0 Å². The number of hydrogen-bond donors (Lipinski definition) is 2. The molecule has 1 heterocycles. The molecule has 1 aromatic heterocycles. The number of hydrogen-bond acceptors (Lipinski definition) is 6. The third kappa shape index (κ3) is 2.68. The number of nitrogens with two attached hydrogens (primary N) is 1. The number of sulfonamides is 1. The molecular formula is C8H6ClFN4O2S2. The van der Waals surface area contributed by atoms with E-state index in [4.69, 9.17) is 17.3 Å². The molecule has 1 aromatic carbocycles. The fraction of sp³-hybridized carbons (Fsp3) is 0. The van der Waals surface area contributed by atoms with Crippen LogP contribution >= 0.6 is 22.9 Å². The number of halogens is 2. The van der Waals surface area contributed by atoms with E-state index in [2.05, 4.69) is 14.9 Å². The Kier molecular flexibility index (Phi) is 3.37. The molecule has 0 spiro atoms. The summed E-state index contributed by atoms with van der Waals surface area (Å²) in [5, 5.41) is 6.71. The molecule has 96 valence electrons. The number of aromatic nitrogens is 2. The van der Waals surface area contributed by atoms with Crippen LogP contribution in [0.1, 0.15) is 0 Å². The summed E-state index contributed by atoms with van der Waals surface area (Å²) in [4.78, 5) is 0. The molecule has 3 N–H and O–H groups in total. The molecule has 0 fully saturated rings. The normalized spacial score (nSPS) is 11.4. The number of nitrogens with zero attached hydrogens (tertiary/aromatic N) is 2. The Morgan fingerprint density at radius 3 is 2.67 bits per heavy atom. The van der Waals surface area contributed by atoms with Crippen molar-refractivity contribution < 1.29 is 12.8 Å². The molecule has 0 aliphatic carbocycles. The van der Waals surface area contributed by atoms with Crippen molar-refractivity contribution in [1.82, 2.24) is 10.2 Å². The zero-order valence-corrected chi connectivity index (χ0v) is 11.0. The Balaban J connectivity index is 2.30. The molecule has 0 atom stereocenters. The molecule has 18 heavy (non-hydrogen) atoms. The third-order valence-corrected chi connectivity index (χ3v) is 4.63. The van der Waals surface area contributed by atoms with Gasteiger partial charge >= 0.3 is 0 Å². The first-order valence-corrected chi connectivity index (χ1v) is 7.13. The van der Waals surface area contributed by atoms with Crippen LogP contribution in [0.3, 0.4) is 0 Å². The van der Waals surface area contributed by atoms with Gasteiger partial charge in [-0.15, -0.1) is 10.2 Å². The van der Waals surface area contributed by atoms with Gasteiger partial charge in [0.15, 0.2) is 0 Å². The topological polar surface area (TPSA) is 98.0 Å². The van der Waals surface area contributed by atoms with E-state index in [1.54, 1.807) is 0 Å². The van der Waals surface area contributed by atoms with Crippen molar-refractivity contribution in [1.29, 1.82) is 0 Å². The summed E-state index contributed by atoms with van der Waals surface area (Å²) in [6.07, 6.45) is 0. The van der Waals surface area contributed by atoms with Crippen molar-refractivity contribution in [2.45, 2.75) is 4.34 Å². The zero-order valence-electron chi connectivity index (χ0n) is 8.59. The molecule has 10 heteroatoms. The summed E-state index contributed by atoms with van der Waals surface area (Å²) in [6, 6.07) is 3.53. The minimum absolute atomic E-state index is 0.0256. The maximum absolute atomic E-state index is 13.1. The second-order valence-electron chi connectivity index (χ2n) is 3.14. The number of rotatable bonds is 3. The van der Waals surface area contributed by atoms with Crippen molar-refractivity contribution in [3.63, 3.8) is 0 Å². The molecule has 0 aliphatic heterocycles. The summed E-state index contributed by atoms with van der Waals surface area (Å²) >= 11 is 6.19. The van der Waals surface area contributed by atoms with Crippen LogP contribution in [0, 0.1) is 5.82 Å². The van der Waals surface area contributed by atoms with Gasteiger partial charge < -0.3 is 5.73 Å². The lowest BCUT2D eigenvalue weighted by molar-refractivity contribution is 0.599. The fourth-order valence-corrected chi connectivity index (χ4v) is 3.04. The number of nitrogens with one attached hydrogen (secondary N) is 1. The molecule has 2 aromatic rings. The highest BCUT2D eigenvalue weighted by Crippen LogP contribution is 2.23. The first kappa shape index (κ1) is 13.0. The average Bonchev–Trinajstić information content (AvgIpc) is 2.71. The van der Waals surface area contributed by atoms with Gasteiger partial charge in [0, 0.05) is 0 Å². The SMILES string of the molecule is Nc1nnc(S(=O)(=O)Nc2ccc(Cl)c(F)c2)s1. The molecule has 0 aliphatic rings. The maximum Gasteiger partial charge on any atom is 0.291 e. The lowest BCUT2D eigenvalue weighted by atomic mass is 10.3. The molecule has 0 radical (unpaired) electrons. The number of benzene rings is 1. The van der Waals surface area contributed by atoms with Crippen LogP contribution in [-0.4, -0.2) is 18.6 Å². The molecular weight excluding hydrogens is 303 g/mol. The van der Waals surface area contributed by atoms with E-state index in [-0.39, 0.29) is 20.2 Å². The monoisotopic (exact) mass is 308 g/mol. The van der Waals surface area contributed by atoms with Gasteiger partial charge in [-0.05, 0) is 18.2 Å². The highest BCUT2D eigenvalue weighted by atomic mass is 35.5. The molecule has 0 unspecified atom stereocenters. The minimum atomic E-state index is -3.92. The van der Waals surface area contributed by atoms with Crippen LogP contribution in [0.15, 0.2) is 22.5 Å². The van der Waals surface area contributed by atoms with E-state index >= 15 is 0 Å². The summed E-state index contributed by atoms with van der Waals surface area (Å²) in [5.74, 6) is -0.728. The highest BCUT2D eigenvalue weighted by molar-refractivity contribution is 7.94. The van der Waals surface area contributed by atoms with Gasteiger partial charge in [0.05, 0.1) is 10.7 Å². The number of nitrogen functional groups attached to an aromatic ring is 1. The van der Waals surface area contributed by atoms with E-state index in [0.717, 1.165) is 6.07 Å². The summed E-state index contributed by atoms with van der Waals surface area (Å²) in [6.45, 7) is 0. The maximum atomic E-state index is 13.1. The second kappa shape index (κ2) is 4.67. The second-order valence-corrected chi connectivity index (χ2v) is 6.41. The Morgan fingerprint density at radius 1 is 1.39 bits per heavy atom. The van der Waals surface area contributed by atoms with Gasteiger partial charge in [-0.2, -0.15) is 8.42 Å². The number of anilines is 2. The first-order valence-electron chi connectivity index (χ1n) is 4.45. The third-order valence-electron chi connectivity index (χ3n) is 1.82. The van der Waals surface area contributed by atoms with Gasteiger partial charge in [-0.1, -0.05) is 22.9 Å². The minimum Gasteiger partial charge on any atom is -0.374 e. The van der Waals surface area contributed by atoms with E-state index in [0.29, 0.717) is 11.3 Å². The predicted molar refractivity (Wildman–Crippen MR) is 66.5 cm³/mol. The first-order chi connectivity index (χ1) is 8.38. The van der Waals surface area contributed by atoms with Gasteiger partial charge in [0.1, 0.15) is 5.82 Å². The van der Waals surface area contributed by atoms with Gasteiger partial charge in [0.2, 0.25) is 5.13 Å².